The minimum atomic E-state index is -1.04. The Morgan fingerprint density at radius 2 is 2.03 bits per heavy atom. The molecular weight excluding hydrogens is 404 g/mol. The van der Waals surface area contributed by atoms with E-state index in [0.717, 1.165) is 6.42 Å². The number of esters is 2. The highest BCUT2D eigenvalue weighted by Gasteiger charge is 2.64. The zero-order valence-corrected chi connectivity index (χ0v) is 18.7. The second kappa shape index (κ2) is 9.40. The molecule has 0 amide bonds. The maximum absolute atomic E-state index is 12.0. The van der Waals surface area contributed by atoms with Crippen LogP contribution >= 0.6 is 0 Å². The first kappa shape index (κ1) is 23.9. The van der Waals surface area contributed by atoms with Crippen LogP contribution in [0.15, 0.2) is 24.3 Å². The van der Waals surface area contributed by atoms with Crippen LogP contribution in [0.25, 0.3) is 0 Å². The van der Waals surface area contributed by atoms with E-state index < -0.39 is 41.3 Å². The summed E-state index contributed by atoms with van der Waals surface area (Å²) < 4.78 is 23.0. The smallest absolute Gasteiger partial charge is 0.317 e. The van der Waals surface area contributed by atoms with Gasteiger partial charge in [-0.25, -0.2) is 0 Å². The van der Waals surface area contributed by atoms with Gasteiger partial charge in [-0.2, -0.15) is 0 Å². The van der Waals surface area contributed by atoms with Crippen LogP contribution in [0.2, 0.25) is 0 Å². The number of aliphatic hydroxyl groups is 2. The van der Waals surface area contributed by atoms with E-state index in [2.05, 4.69) is 0 Å². The third-order valence-corrected chi connectivity index (χ3v) is 6.50. The predicted molar refractivity (Wildman–Crippen MR) is 111 cm³/mol. The number of hydrogen-bond acceptors (Lipinski definition) is 8. The Bertz CT molecular complexity index is 731. The molecule has 8 nitrogen and oxygen atoms in total. The Morgan fingerprint density at radius 3 is 2.71 bits per heavy atom. The molecule has 1 spiro atoms. The highest BCUT2D eigenvalue weighted by molar-refractivity contribution is 5.80. The van der Waals surface area contributed by atoms with Gasteiger partial charge in [0.05, 0.1) is 24.7 Å². The SMILES string of the molecule is CC(C/C=C\C=C\[C@H]1CC[C@@]2(C[C@@H]3OC(=O)[C@@](C)(CO)[C@@H]3O2)O1)OC(=O)C(C)C(C)O. The van der Waals surface area contributed by atoms with Crippen molar-refractivity contribution in [2.24, 2.45) is 11.3 Å². The minimum Gasteiger partial charge on any atom is -0.462 e. The molecule has 0 aromatic heterocycles. The topological polar surface area (TPSA) is 112 Å². The largest absolute Gasteiger partial charge is 0.462 e. The van der Waals surface area contributed by atoms with Gasteiger partial charge in [0.1, 0.15) is 23.7 Å². The van der Waals surface area contributed by atoms with E-state index in [-0.39, 0.29) is 24.9 Å². The molecular formula is C23H34O8. The molecule has 3 rings (SSSR count). The Morgan fingerprint density at radius 1 is 1.29 bits per heavy atom. The van der Waals surface area contributed by atoms with Crippen molar-refractivity contribution in [3.63, 3.8) is 0 Å². The van der Waals surface area contributed by atoms with E-state index in [1.807, 2.05) is 31.2 Å². The summed E-state index contributed by atoms with van der Waals surface area (Å²) in [6, 6.07) is 0. The van der Waals surface area contributed by atoms with Gasteiger partial charge in [0.15, 0.2) is 5.79 Å². The summed E-state index contributed by atoms with van der Waals surface area (Å²) in [5.41, 5.74) is -1.04. The summed E-state index contributed by atoms with van der Waals surface area (Å²) in [7, 11) is 0. The fourth-order valence-electron chi connectivity index (χ4n) is 4.17. The number of carbonyl (C=O) groups excluding carboxylic acids is 2. The Labute approximate surface area is 183 Å². The molecule has 0 aromatic carbocycles. The lowest BCUT2D eigenvalue weighted by atomic mass is 9.85. The molecule has 8 heteroatoms. The van der Waals surface area contributed by atoms with Crippen LogP contribution in [0.1, 0.15) is 53.4 Å². The zero-order valence-electron chi connectivity index (χ0n) is 18.7. The van der Waals surface area contributed by atoms with Crippen LogP contribution in [0.5, 0.6) is 0 Å². The van der Waals surface area contributed by atoms with Gasteiger partial charge >= 0.3 is 11.9 Å². The average molecular weight is 439 g/mol. The molecule has 174 valence electrons. The standard InChI is InChI=1S/C23H34O8/c1-14(28-20(26)15(2)16(3)25)8-6-5-7-9-17-10-11-23(30-17)12-18-19(31-23)22(4,13-24)21(27)29-18/h5-7,9,14-19,24-25H,8,10-13H2,1-4H3/b6-5-,9-7+/t14?,15?,16?,17-,18-,19+,22-,23+/m0/s1. The van der Waals surface area contributed by atoms with Gasteiger partial charge in [-0.3, -0.25) is 9.59 Å². The predicted octanol–water partition coefficient (Wildman–Crippen LogP) is 2.03. The summed E-state index contributed by atoms with van der Waals surface area (Å²) >= 11 is 0. The number of allylic oxidation sites excluding steroid dienone is 2. The normalized spacial score (nSPS) is 38.0. The highest BCUT2D eigenvalue weighted by Crippen LogP contribution is 2.51. The van der Waals surface area contributed by atoms with Crippen molar-refractivity contribution >= 4 is 11.9 Å². The fourth-order valence-corrected chi connectivity index (χ4v) is 4.17. The average Bonchev–Trinajstić information content (AvgIpc) is 3.35. The number of ether oxygens (including phenoxy) is 4. The number of aliphatic hydroxyl groups excluding tert-OH is 2. The maximum Gasteiger partial charge on any atom is 0.317 e. The molecule has 0 bridgehead atoms. The molecule has 3 fully saturated rings. The summed E-state index contributed by atoms with van der Waals surface area (Å²) in [4.78, 5) is 23.9. The van der Waals surface area contributed by atoms with Crippen molar-refractivity contribution in [1.82, 2.24) is 0 Å². The summed E-state index contributed by atoms with van der Waals surface area (Å²) in [5.74, 6) is -2.14. The highest BCUT2D eigenvalue weighted by atomic mass is 16.7. The molecule has 3 saturated heterocycles. The van der Waals surface area contributed by atoms with Crippen molar-refractivity contribution in [3.8, 4) is 0 Å². The van der Waals surface area contributed by atoms with Gasteiger partial charge in [0.2, 0.25) is 0 Å². The quantitative estimate of drug-likeness (QED) is 0.437. The first-order chi connectivity index (χ1) is 14.6. The lowest BCUT2D eigenvalue weighted by Crippen LogP contribution is -2.41. The number of fused-ring (bicyclic) bond motifs is 1. The first-order valence-electron chi connectivity index (χ1n) is 11.0. The van der Waals surface area contributed by atoms with Gasteiger partial charge in [-0.1, -0.05) is 24.3 Å². The summed E-state index contributed by atoms with van der Waals surface area (Å²) in [6.45, 7) is 6.37. The molecule has 3 aliphatic heterocycles. The van der Waals surface area contributed by atoms with E-state index in [1.165, 1.54) is 0 Å². The molecule has 0 aliphatic carbocycles. The van der Waals surface area contributed by atoms with Gasteiger partial charge in [-0.05, 0) is 34.1 Å². The minimum absolute atomic E-state index is 0.110. The van der Waals surface area contributed by atoms with Crippen molar-refractivity contribution in [2.45, 2.75) is 89.7 Å². The Balaban J connectivity index is 1.44. The molecule has 0 saturated carbocycles. The summed E-state index contributed by atoms with van der Waals surface area (Å²) in [6.07, 6.45) is 8.17. The van der Waals surface area contributed by atoms with Crippen LogP contribution in [-0.2, 0) is 28.5 Å². The van der Waals surface area contributed by atoms with Crippen LogP contribution < -0.4 is 0 Å². The number of hydrogen-bond donors (Lipinski definition) is 2. The van der Waals surface area contributed by atoms with Crippen LogP contribution in [-0.4, -0.2) is 65.1 Å². The van der Waals surface area contributed by atoms with Crippen LogP contribution in [0.4, 0.5) is 0 Å². The van der Waals surface area contributed by atoms with Crippen molar-refractivity contribution < 1.29 is 38.7 Å². The molecule has 3 aliphatic rings. The molecule has 8 atom stereocenters. The van der Waals surface area contributed by atoms with Crippen molar-refractivity contribution in [1.29, 1.82) is 0 Å². The van der Waals surface area contributed by atoms with E-state index in [0.29, 0.717) is 19.3 Å². The molecule has 31 heavy (non-hydrogen) atoms. The van der Waals surface area contributed by atoms with E-state index in [1.54, 1.807) is 20.8 Å². The molecule has 0 aromatic rings. The zero-order chi connectivity index (χ0) is 22.8. The third-order valence-electron chi connectivity index (χ3n) is 6.50. The first-order valence-corrected chi connectivity index (χ1v) is 11.0. The lowest BCUT2D eigenvalue weighted by Gasteiger charge is -2.29. The number of carbonyl (C=O) groups is 2. The van der Waals surface area contributed by atoms with Crippen molar-refractivity contribution in [2.75, 3.05) is 6.61 Å². The van der Waals surface area contributed by atoms with Crippen molar-refractivity contribution in [3.05, 3.63) is 24.3 Å². The monoisotopic (exact) mass is 438 g/mol. The third kappa shape index (κ3) is 5.03. The summed E-state index contributed by atoms with van der Waals surface area (Å²) in [5, 5.41) is 19.1. The van der Waals surface area contributed by atoms with E-state index >= 15 is 0 Å². The second-order valence-corrected chi connectivity index (χ2v) is 9.19. The molecule has 2 N–H and O–H groups in total. The lowest BCUT2D eigenvalue weighted by molar-refractivity contribution is -0.226. The second-order valence-electron chi connectivity index (χ2n) is 9.19. The maximum atomic E-state index is 12.0. The van der Waals surface area contributed by atoms with Crippen LogP contribution in [0, 0.1) is 11.3 Å². The Kier molecular flexibility index (Phi) is 7.25. The van der Waals surface area contributed by atoms with Gasteiger partial charge in [0, 0.05) is 19.3 Å². The molecule has 3 heterocycles. The van der Waals surface area contributed by atoms with Crippen LogP contribution in [0.3, 0.4) is 0 Å². The molecule has 0 radical (unpaired) electrons. The van der Waals surface area contributed by atoms with Gasteiger partial charge in [0.25, 0.3) is 0 Å². The Hall–Kier alpha value is -1.74. The molecule has 3 unspecified atom stereocenters. The number of rotatable bonds is 8. The van der Waals surface area contributed by atoms with E-state index in [9.17, 15) is 19.8 Å². The van der Waals surface area contributed by atoms with Gasteiger partial charge < -0.3 is 29.2 Å². The fraction of sp³-hybridized carbons (Fsp3) is 0.739. The van der Waals surface area contributed by atoms with Gasteiger partial charge in [-0.15, -0.1) is 0 Å². The van der Waals surface area contributed by atoms with E-state index in [4.69, 9.17) is 18.9 Å².